The minimum absolute atomic E-state index is 0.0950. The van der Waals surface area contributed by atoms with E-state index < -0.39 is 0 Å². The highest BCUT2D eigenvalue weighted by Crippen LogP contribution is 2.23. The van der Waals surface area contributed by atoms with Crippen LogP contribution in [0.2, 0.25) is 0 Å². The molecule has 132 valence electrons. The summed E-state index contributed by atoms with van der Waals surface area (Å²) in [5.74, 6) is 0. The lowest BCUT2D eigenvalue weighted by Crippen LogP contribution is -2.17. The number of nitrogens with one attached hydrogen (secondary N) is 1. The monoisotopic (exact) mass is 382 g/mol. The molecule has 0 fully saturated rings. The molecule has 0 radical (unpaired) electrons. The van der Waals surface area contributed by atoms with Gasteiger partial charge in [0.2, 0.25) is 5.13 Å². The molecule has 0 saturated carbocycles. The predicted molar refractivity (Wildman–Crippen MR) is 109 cm³/mol. The highest BCUT2D eigenvalue weighted by Gasteiger charge is 2.16. The first-order valence-corrected chi connectivity index (χ1v) is 10.2. The van der Waals surface area contributed by atoms with Crippen LogP contribution in [0, 0.1) is 0 Å². The molecule has 7 heteroatoms. The van der Waals surface area contributed by atoms with Gasteiger partial charge in [-0.3, -0.25) is 14.9 Å². The SMILES string of the molecule is CCCc1[nH]n(-c2nc3ccccc3s2)c(=O)c1C=NCc1cccs1. The van der Waals surface area contributed by atoms with Gasteiger partial charge in [-0.15, -0.1) is 11.3 Å². The maximum atomic E-state index is 12.9. The van der Waals surface area contributed by atoms with Crippen LogP contribution in [0.1, 0.15) is 29.5 Å². The van der Waals surface area contributed by atoms with Crippen molar-refractivity contribution in [1.82, 2.24) is 14.8 Å². The third kappa shape index (κ3) is 3.27. The third-order valence-corrected chi connectivity index (χ3v) is 5.91. The minimum atomic E-state index is -0.0950. The van der Waals surface area contributed by atoms with Gasteiger partial charge in [0.15, 0.2) is 0 Å². The smallest absolute Gasteiger partial charge is 0.282 e. The fourth-order valence-corrected chi connectivity index (χ4v) is 4.35. The number of aliphatic imine (C=N–C) groups is 1. The van der Waals surface area contributed by atoms with E-state index in [0.717, 1.165) is 28.8 Å². The van der Waals surface area contributed by atoms with Crippen LogP contribution in [0.5, 0.6) is 0 Å². The Kier molecular flexibility index (Phi) is 4.81. The van der Waals surface area contributed by atoms with Crippen LogP contribution in [0.3, 0.4) is 0 Å². The molecule has 0 aliphatic heterocycles. The Balaban J connectivity index is 1.71. The molecule has 1 N–H and O–H groups in total. The van der Waals surface area contributed by atoms with E-state index in [1.807, 2.05) is 41.8 Å². The van der Waals surface area contributed by atoms with Crippen molar-refractivity contribution in [3.05, 3.63) is 68.3 Å². The van der Waals surface area contributed by atoms with Crippen molar-refractivity contribution in [3.63, 3.8) is 0 Å². The van der Waals surface area contributed by atoms with Gasteiger partial charge in [-0.05, 0) is 30.0 Å². The van der Waals surface area contributed by atoms with Gasteiger partial charge in [0.05, 0.1) is 22.3 Å². The number of nitrogens with zero attached hydrogens (tertiary/aromatic N) is 3. The van der Waals surface area contributed by atoms with Crippen LogP contribution >= 0.6 is 22.7 Å². The molecule has 0 atom stereocenters. The molecule has 1 aromatic carbocycles. The van der Waals surface area contributed by atoms with Crippen LogP contribution in [-0.2, 0) is 13.0 Å². The molecule has 4 aromatic rings. The Morgan fingerprint density at radius 1 is 1.27 bits per heavy atom. The summed E-state index contributed by atoms with van der Waals surface area (Å²) < 4.78 is 2.61. The Bertz CT molecular complexity index is 1070. The van der Waals surface area contributed by atoms with Gasteiger partial charge in [-0.25, -0.2) is 4.98 Å². The largest absolute Gasteiger partial charge is 0.292 e. The van der Waals surface area contributed by atoms with Crippen molar-refractivity contribution in [2.75, 3.05) is 0 Å². The second-order valence-electron chi connectivity index (χ2n) is 5.91. The van der Waals surface area contributed by atoms with Gasteiger partial charge in [0, 0.05) is 16.8 Å². The molecule has 0 aliphatic carbocycles. The van der Waals surface area contributed by atoms with Crippen molar-refractivity contribution in [1.29, 1.82) is 0 Å². The number of thiazole rings is 1. The first-order valence-electron chi connectivity index (χ1n) is 8.48. The summed E-state index contributed by atoms with van der Waals surface area (Å²) in [6.07, 6.45) is 3.45. The zero-order chi connectivity index (χ0) is 17.9. The van der Waals surface area contributed by atoms with Gasteiger partial charge in [-0.1, -0.05) is 42.9 Å². The highest BCUT2D eigenvalue weighted by atomic mass is 32.1. The van der Waals surface area contributed by atoms with Gasteiger partial charge in [0.1, 0.15) is 0 Å². The molecule has 5 nitrogen and oxygen atoms in total. The van der Waals surface area contributed by atoms with E-state index in [0.29, 0.717) is 17.2 Å². The zero-order valence-corrected chi connectivity index (χ0v) is 15.9. The molecule has 0 saturated heterocycles. The summed E-state index contributed by atoms with van der Waals surface area (Å²) in [6.45, 7) is 2.69. The van der Waals surface area contributed by atoms with Crippen molar-refractivity contribution >= 4 is 39.1 Å². The van der Waals surface area contributed by atoms with Crippen LogP contribution in [-0.4, -0.2) is 21.0 Å². The number of thiophene rings is 1. The summed E-state index contributed by atoms with van der Waals surface area (Å²) in [6, 6.07) is 12.0. The third-order valence-electron chi connectivity index (χ3n) is 4.03. The Morgan fingerprint density at radius 2 is 2.15 bits per heavy atom. The molecule has 3 heterocycles. The van der Waals surface area contributed by atoms with Crippen LogP contribution in [0.15, 0.2) is 51.6 Å². The van der Waals surface area contributed by atoms with Gasteiger partial charge < -0.3 is 0 Å². The van der Waals surface area contributed by atoms with Crippen molar-refractivity contribution < 1.29 is 0 Å². The van der Waals surface area contributed by atoms with Crippen molar-refractivity contribution in [2.45, 2.75) is 26.3 Å². The fraction of sp³-hybridized carbons (Fsp3) is 0.211. The average molecular weight is 383 g/mol. The number of para-hydroxylation sites is 1. The molecule has 0 spiro atoms. The Morgan fingerprint density at radius 3 is 2.92 bits per heavy atom. The van der Waals surface area contributed by atoms with Crippen LogP contribution < -0.4 is 5.56 Å². The molecule has 26 heavy (non-hydrogen) atoms. The number of hydrogen-bond donors (Lipinski definition) is 1. The zero-order valence-electron chi connectivity index (χ0n) is 14.3. The number of H-pyrrole nitrogens is 1. The molecule has 0 bridgehead atoms. The standard InChI is InChI=1S/C19H18N4OS2/c1-2-6-15-14(12-20-11-13-7-5-10-25-13)18(24)23(22-15)19-21-16-8-3-4-9-17(16)26-19/h3-5,7-10,12,22H,2,6,11H2,1H3. The number of aromatic nitrogens is 3. The van der Waals surface area contributed by atoms with E-state index in [-0.39, 0.29) is 5.56 Å². The number of fused-ring (bicyclic) bond motifs is 1. The molecule has 4 rings (SSSR count). The maximum Gasteiger partial charge on any atom is 0.282 e. The maximum absolute atomic E-state index is 12.9. The second kappa shape index (κ2) is 7.39. The average Bonchev–Trinajstić information content (AvgIpc) is 3.36. The van der Waals surface area contributed by atoms with Crippen LogP contribution in [0.25, 0.3) is 15.3 Å². The molecule has 3 aromatic heterocycles. The van der Waals surface area contributed by atoms with Crippen molar-refractivity contribution in [3.8, 4) is 5.13 Å². The lowest BCUT2D eigenvalue weighted by Gasteiger charge is -1.96. The van der Waals surface area contributed by atoms with E-state index in [1.54, 1.807) is 22.2 Å². The molecular formula is C19H18N4OS2. The fourth-order valence-electron chi connectivity index (χ4n) is 2.79. The number of aryl methyl sites for hydroxylation is 1. The van der Waals surface area contributed by atoms with Gasteiger partial charge >= 0.3 is 0 Å². The normalized spacial score (nSPS) is 11.7. The van der Waals surface area contributed by atoms with E-state index >= 15 is 0 Å². The first-order chi connectivity index (χ1) is 12.8. The van der Waals surface area contributed by atoms with E-state index in [2.05, 4.69) is 22.0 Å². The number of aromatic amines is 1. The second-order valence-corrected chi connectivity index (χ2v) is 7.95. The predicted octanol–water partition coefficient (Wildman–Crippen LogP) is 4.41. The summed E-state index contributed by atoms with van der Waals surface area (Å²) in [5, 5.41) is 5.93. The Hall–Kier alpha value is -2.51. The lowest BCUT2D eigenvalue weighted by atomic mass is 10.2. The van der Waals surface area contributed by atoms with E-state index in [9.17, 15) is 4.79 Å². The van der Waals surface area contributed by atoms with Gasteiger partial charge in [0.25, 0.3) is 5.56 Å². The van der Waals surface area contributed by atoms with E-state index in [4.69, 9.17) is 0 Å². The summed E-state index contributed by atoms with van der Waals surface area (Å²) in [5.41, 5.74) is 2.34. The molecule has 0 amide bonds. The summed E-state index contributed by atoms with van der Waals surface area (Å²) >= 11 is 3.17. The molecular weight excluding hydrogens is 364 g/mol. The minimum Gasteiger partial charge on any atom is -0.292 e. The van der Waals surface area contributed by atoms with Crippen LogP contribution in [0.4, 0.5) is 0 Å². The highest BCUT2D eigenvalue weighted by molar-refractivity contribution is 7.20. The Labute approximate surface area is 158 Å². The number of hydrogen-bond acceptors (Lipinski definition) is 5. The number of benzene rings is 1. The quantitative estimate of drug-likeness (QED) is 0.502. The molecule has 0 aliphatic rings. The number of rotatable bonds is 6. The summed E-state index contributed by atoms with van der Waals surface area (Å²) in [7, 11) is 0. The molecule has 0 unspecified atom stereocenters. The van der Waals surface area contributed by atoms with Gasteiger partial charge in [-0.2, -0.15) is 4.68 Å². The summed E-state index contributed by atoms with van der Waals surface area (Å²) in [4.78, 5) is 23.2. The van der Waals surface area contributed by atoms with E-state index in [1.165, 1.54) is 16.2 Å². The first kappa shape index (κ1) is 16.9. The topological polar surface area (TPSA) is 63.0 Å². The lowest BCUT2D eigenvalue weighted by molar-refractivity contribution is 0.790. The van der Waals surface area contributed by atoms with Crippen molar-refractivity contribution in [2.24, 2.45) is 4.99 Å².